The molecule has 2 nitrogen and oxygen atoms in total. The van der Waals surface area contributed by atoms with Crippen LogP contribution in [0.1, 0.15) is 19.4 Å². The largest absolute Gasteiger partial charge is 0.395 e. The van der Waals surface area contributed by atoms with Crippen molar-refractivity contribution < 1.29 is 5.11 Å². The van der Waals surface area contributed by atoms with Crippen molar-refractivity contribution in [2.24, 2.45) is 0 Å². The summed E-state index contributed by atoms with van der Waals surface area (Å²) in [7, 11) is 4.02. The molecule has 0 atom stereocenters. The topological polar surface area (TPSA) is 23.5 Å². The first kappa shape index (κ1) is 12.5. The van der Waals surface area contributed by atoms with Crippen LogP contribution in [0, 0.1) is 0 Å². The summed E-state index contributed by atoms with van der Waals surface area (Å²) in [6.45, 7) is 4.23. The molecule has 0 aromatic heterocycles. The molecule has 0 aliphatic heterocycles. The number of halogens is 1. The van der Waals surface area contributed by atoms with Crippen molar-refractivity contribution in [3.8, 4) is 0 Å². The van der Waals surface area contributed by atoms with Crippen LogP contribution in [0.5, 0.6) is 0 Å². The molecule has 15 heavy (non-hydrogen) atoms. The molecule has 0 bridgehead atoms. The molecule has 0 amide bonds. The van der Waals surface area contributed by atoms with Gasteiger partial charge in [-0.1, -0.05) is 19.9 Å². The molecule has 1 aromatic rings. The van der Waals surface area contributed by atoms with E-state index in [-0.39, 0.29) is 12.0 Å². The number of anilines is 1. The number of aliphatic hydroxyl groups excluding tert-OH is 1. The number of nitrogens with zero attached hydrogens (tertiary/aromatic N) is 1. The summed E-state index contributed by atoms with van der Waals surface area (Å²) in [6, 6.07) is 6.19. The molecule has 0 radical (unpaired) electrons. The Bertz CT molecular complexity index is 347. The van der Waals surface area contributed by atoms with Gasteiger partial charge in [-0.05, 0) is 33.6 Å². The highest BCUT2D eigenvalue weighted by Crippen LogP contribution is 2.31. The van der Waals surface area contributed by atoms with E-state index in [4.69, 9.17) is 0 Å². The van der Waals surface area contributed by atoms with Gasteiger partial charge in [0.1, 0.15) is 0 Å². The molecule has 0 saturated heterocycles. The van der Waals surface area contributed by atoms with Crippen molar-refractivity contribution in [3.63, 3.8) is 0 Å². The van der Waals surface area contributed by atoms with E-state index in [2.05, 4.69) is 26.9 Å². The molecule has 0 spiro atoms. The fourth-order valence-electron chi connectivity index (χ4n) is 1.37. The minimum absolute atomic E-state index is 0.154. The van der Waals surface area contributed by atoms with Gasteiger partial charge in [0.05, 0.1) is 12.3 Å². The lowest BCUT2D eigenvalue weighted by Crippen LogP contribution is -2.22. The van der Waals surface area contributed by atoms with Gasteiger partial charge in [0.25, 0.3) is 0 Å². The Labute approximate surface area is 100 Å². The van der Waals surface area contributed by atoms with Crippen molar-refractivity contribution in [2.45, 2.75) is 19.3 Å². The third-order valence-electron chi connectivity index (χ3n) is 2.60. The molecule has 0 fully saturated rings. The van der Waals surface area contributed by atoms with E-state index in [9.17, 15) is 5.11 Å². The zero-order chi connectivity index (χ0) is 11.6. The highest BCUT2D eigenvalue weighted by atomic mass is 79.9. The summed E-state index contributed by atoms with van der Waals surface area (Å²) in [6.07, 6.45) is 0. The van der Waals surface area contributed by atoms with Gasteiger partial charge < -0.3 is 10.0 Å². The van der Waals surface area contributed by atoms with Gasteiger partial charge in [-0.15, -0.1) is 0 Å². The smallest absolute Gasteiger partial charge is 0.0522 e. The molecule has 3 heteroatoms. The van der Waals surface area contributed by atoms with Gasteiger partial charge in [-0.25, -0.2) is 0 Å². The van der Waals surface area contributed by atoms with Gasteiger partial charge in [-0.3, -0.25) is 0 Å². The zero-order valence-corrected chi connectivity index (χ0v) is 11.3. The van der Waals surface area contributed by atoms with Gasteiger partial charge >= 0.3 is 0 Å². The van der Waals surface area contributed by atoms with Crippen LogP contribution in [0.25, 0.3) is 0 Å². The SMILES string of the molecule is CN(C)c1cc(C(C)(C)CO)ccc1Br. The Morgan fingerprint density at radius 3 is 2.40 bits per heavy atom. The average Bonchev–Trinajstić information content (AvgIpc) is 2.17. The van der Waals surface area contributed by atoms with E-state index in [1.54, 1.807) is 0 Å². The zero-order valence-electron chi connectivity index (χ0n) is 9.71. The third-order valence-corrected chi connectivity index (χ3v) is 3.28. The third kappa shape index (κ3) is 2.73. The number of hydrogen-bond donors (Lipinski definition) is 1. The van der Waals surface area contributed by atoms with Crippen molar-refractivity contribution >= 4 is 21.6 Å². The summed E-state index contributed by atoms with van der Waals surface area (Å²) in [5.41, 5.74) is 2.09. The molecule has 0 aliphatic carbocycles. The maximum atomic E-state index is 9.32. The van der Waals surface area contributed by atoms with Crippen LogP contribution in [0.3, 0.4) is 0 Å². The highest BCUT2D eigenvalue weighted by molar-refractivity contribution is 9.10. The number of benzene rings is 1. The quantitative estimate of drug-likeness (QED) is 0.914. The second kappa shape index (κ2) is 4.54. The van der Waals surface area contributed by atoms with Gasteiger partial charge in [0, 0.05) is 24.0 Å². The predicted octanol–water partition coefficient (Wildman–Crippen LogP) is 2.79. The Balaban J connectivity index is 3.19. The maximum Gasteiger partial charge on any atom is 0.0522 e. The Kier molecular flexibility index (Phi) is 3.79. The normalized spacial score (nSPS) is 11.6. The van der Waals surface area contributed by atoms with Crippen LogP contribution in [0.2, 0.25) is 0 Å². The molecular weight excluding hydrogens is 254 g/mol. The molecule has 1 aromatic carbocycles. The summed E-state index contributed by atoms with van der Waals surface area (Å²) in [5, 5.41) is 9.32. The second-order valence-electron chi connectivity index (χ2n) is 4.60. The number of hydrogen-bond acceptors (Lipinski definition) is 2. The highest BCUT2D eigenvalue weighted by Gasteiger charge is 2.20. The standard InChI is InChI=1S/C12H18BrNO/c1-12(2,8-15)9-5-6-10(13)11(7-9)14(3)4/h5-7,15H,8H2,1-4H3. The Hall–Kier alpha value is -0.540. The first-order chi connectivity index (χ1) is 6.88. The molecule has 0 heterocycles. The van der Waals surface area contributed by atoms with Gasteiger partial charge in [0.2, 0.25) is 0 Å². The van der Waals surface area contributed by atoms with Crippen LogP contribution in [0.15, 0.2) is 22.7 Å². The minimum Gasteiger partial charge on any atom is -0.395 e. The summed E-state index contributed by atoms with van der Waals surface area (Å²) in [4.78, 5) is 2.06. The monoisotopic (exact) mass is 271 g/mol. The molecule has 1 rings (SSSR count). The molecule has 1 N–H and O–H groups in total. The van der Waals surface area contributed by atoms with E-state index in [1.165, 1.54) is 0 Å². The fraction of sp³-hybridized carbons (Fsp3) is 0.500. The first-order valence-corrected chi connectivity index (χ1v) is 5.76. The van der Waals surface area contributed by atoms with Crippen LogP contribution in [0.4, 0.5) is 5.69 Å². The van der Waals surface area contributed by atoms with E-state index >= 15 is 0 Å². The van der Waals surface area contributed by atoms with Gasteiger partial charge in [0.15, 0.2) is 0 Å². The Morgan fingerprint density at radius 2 is 1.93 bits per heavy atom. The minimum atomic E-state index is -0.189. The lowest BCUT2D eigenvalue weighted by Gasteiger charge is -2.25. The number of rotatable bonds is 3. The molecule has 84 valence electrons. The lowest BCUT2D eigenvalue weighted by molar-refractivity contribution is 0.218. The maximum absolute atomic E-state index is 9.32. The first-order valence-electron chi connectivity index (χ1n) is 4.96. The van der Waals surface area contributed by atoms with E-state index < -0.39 is 0 Å². The molecule has 0 aliphatic rings. The van der Waals surface area contributed by atoms with E-state index in [1.807, 2.05) is 40.1 Å². The van der Waals surface area contributed by atoms with Crippen molar-refractivity contribution in [2.75, 3.05) is 25.6 Å². The lowest BCUT2D eigenvalue weighted by atomic mass is 9.85. The molecule has 0 saturated carbocycles. The van der Waals surface area contributed by atoms with Crippen molar-refractivity contribution in [1.82, 2.24) is 0 Å². The molecule has 0 unspecified atom stereocenters. The van der Waals surface area contributed by atoms with Gasteiger partial charge in [-0.2, -0.15) is 0 Å². The summed E-state index contributed by atoms with van der Waals surface area (Å²) in [5.74, 6) is 0. The van der Waals surface area contributed by atoms with E-state index in [0.29, 0.717) is 0 Å². The Morgan fingerprint density at radius 1 is 1.33 bits per heavy atom. The fourth-order valence-corrected chi connectivity index (χ4v) is 1.97. The second-order valence-corrected chi connectivity index (χ2v) is 5.46. The number of aliphatic hydroxyl groups is 1. The van der Waals surface area contributed by atoms with Crippen LogP contribution in [-0.4, -0.2) is 25.8 Å². The van der Waals surface area contributed by atoms with Crippen LogP contribution >= 0.6 is 15.9 Å². The predicted molar refractivity (Wildman–Crippen MR) is 68.6 cm³/mol. The van der Waals surface area contributed by atoms with E-state index in [0.717, 1.165) is 15.7 Å². The molecular formula is C12H18BrNO. The van der Waals surface area contributed by atoms with Crippen molar-refractivity contribution in [1.29, 1.82) is 0 Å². The van der Waals surface area contributed by atoms with Crippen LogP contribution in [-0.2, 0) is 5.41 Å². The van der Waals surface area contributed by atoms with Crippen molar-refractivity contribution in [3.05, 3.63) is 28.2 Å². The summed E-state index contributed by atoms with van der Waals surface area (Å²) >= 11 is 3.52. The summed E-state index contributed by atoms with van der Waals surface area (Å²) < 4.78 is 1.07. The van der Waals surface area contributed by atoms with Crippen LogP contribution < -0.4 is 4.90 Å². The average molecular weight is 272 g/mol.